The summed E-state index contributed by atoms with van der Waals surface area (Å²) in [7, 11) is -3.63. The van der Waals surface area contributed by atoms with Gasteiger partial charge in [0.25, 0.3) is 5.91 Å². The number of nitrogens with zero attached hydrogens (tertiary/aromatic N) is 1. The van der Waals surface area contributed by atoms with Gasteiger partial charge >= 0.3 is 0 Å². The minimum absolute atomic E-state index is 0.0777. The molecule has 0 radical (unpaired) electrons. The summed E-state index contributed by atoms with van der Waals surface area (Å²) in [6.07, 6.45) is 3.00. The number of carbonyl (C=O) groups excluding carboxylic acids is 1. The van der Waals surface area contributed by atoms with Crippen LogP contribution in [0, 0.1) is 0 Å². The highest BCUT2D eigenvalue weighted by atomic mass is 32.2. The Balaban J connectivity index is 2.17. The minimum Gasteiger partial charge on any atom is -0.339 e. The van der Waals surface area contributed by atoms with Gasteiger partial charge in [-0.15, -0.1) is 6.58 Å². The van der Waals surface area contributed by atoms with Crippen LogP contribution in [-0.2, 0) is 10.0 Å². The summed E-state index contributed by atoms with van der Waals surface area (Å²) >= 11 is 0. The molecule has 0 spiro atoms. The van der Waals surface area contributed by atoms with Crippen LogP contribution in [0.15, 0.2) is 41.8 Å². The molecule has 0 bridgehead atoms. The van der Waals surface area contributed by atoms with Crippen LogP contribution in [0.2, 0.25) is 0 Å². The van der Waals surface area contributed by atoms with Crippen molar-refractivity contribution in [3.63, 3.8) is 0 Å². The van der Waals surface area contributed by atoms with Gasteiger partial charge in [0.05, 0.1) is 4.90 Å². The quantitative estimate of drug-likeness (QED) is 0.781. The lowest BCUT2D eigenvalue weighted by Gasteiger charge is -2.30. The zero-order valence-electron chi connectivity index (χ0n) is 12.4. The number of amides is 1. The van der Waals surface area contributed by atoms with E-state index in [1.165, 1.54) is 18.2 Å². The van der Waals surface area contributed by atoms with Crippen LogP contribution < -0.4 is 10.5 Å². The molecule has 1 aliphatic heterocycles. The summed E-state index contributed by atoms with van der Waals surface area (Å²) in [5.41, 5.74) is 6.20. The van der Waals surface area contributed by atoms with Crippen molar-refractivity contribution in [3.8, 4) is 0 Å². The maximum absolute atomic E-state index is 12.5. The van der Waals surface area contributed by atoms with Crippen molar-refractivity contribution in [2.75, 3.05) is 19.6 Å². The molecule has 1 saturated heterocycles. The topological polar surface area (TPSA) is 92.5 Å². The highest BCUT2D eigenvalue weighted by Gasteiger charge is 2.23. The maximum atomic E-state index is 12.5. The average Bonchev–Trinajstić information content (AvgIpc) is 2.53. The zero-order chi connectivity index (χ0) is 16.2. The van der Waals surface area contributed by atoms with E-state index in [1.807, 2.05) is 0 Å². The Bertz CT molecular complexity index is 650. The number of nitrogens with two attached hydrogens (primary N) is 1. The number of rotatable bonds is 5. The van der Waals surface area contributed by atoms with E-state index in [0.717, 1.165) is 12.8 Å². The number of piperidine rings is 1. The predicted molar refractivity (Wildman–Crippen MR) is 84.9 cm³/mol. The van der Waals surface area contributed by atoms with Crippen molar-refractivity contribution in [3.05, 3.63) is 42.5 Å². The second-order valence-electron chi connectivity index (χ2n) is 5.30. The number of hydrogen-bond acceptors (Lipinski definition) is 4. The fourth-order valence-corrected chi connectivity index (χ4v) is 3.38. The molecular weight excluding hydrogens is 302 g/mol. The molecule has 0 saturated carbocycles. The van der Waals surface area contributed by atoms with E-state index in [0.29, 0.717) is 18.7 Å². The third-order valence-electron chi connectivity index (χ3n) is 3.64. The van der Waals surface area contributed by atoms with Gasteiger partial charge in [-0.3, -0.25) is 4.79 Å². The van der Waals surface area contributed by atoms with E-state index < -0.39 is 10.0 Å². The summed E-state index contributed by atoms with van der Waals surface area (Å²) in [6, 6.07) is 6.21. The second kappa shape index (κ2) is 7.04. The Hall–Kier alpha value is -1.70. The molecule has 0 atom stereocenters. The van der Waals surface area contributed by atoms with Gasteiger partial charge in [-0.1, -0.05) is 12.1 Å². The van der Waals surface area contributed by atoms with Crippen molar-refractivity contribution >= 4 is 15.9 Å². The molecule has 6 nitrogen and oxygen atoms in total. The Morgan fingerprint density at radius 1 is 1.41 bits per heavy atom. The second-order valence-corrected chi connectivity index (χ2v) is 7.06. The van der Waals surface area contributed by atoms with Crippen molar-refractivity contribution in [2.24, 2.45) is 5.73 Å². The first-order chi connectivity index (χ1) is 10.4. The van der Waals surface area contributed by atoms with Gasteiger partial charge < -0.3 is 10.6 Å². The largest absolute Gasteiger partial charge is 0.339 e. The first-order valence-corrected chi connectivity index (χ1v) is 8.68. The lowest BCUT2D eigenvalue weighted by Crippen LogP contribution is -2.42. The van der Waals surface area contributed by atoms with Crippen molar-refractivity contribution in [2.45, 2.75) is 23.8 Å². The van der Waals surface area contributed by atoms with E-state index in [9.17, 15) is 13.2 Å². The molecule has 2 rings (SSSR count). The molecule has 0 aliphatic carbocycles. The molecule has 1 aromatic carbocycles. The molecule has 3 N–H and O–H groups in total. The van der Waals surface area contributed by atoms with Crippen LogP contribution in [0.25, 0.3) is 0 Å². The average molecular weight is 323 g/mol. The monoisotopic (exact) mass is 323 g/mol. The molecular formula is C15H21N3O3S. The Morgan fingerprint density at radius 2 is 2.09 bits per heavy atom. The van der Waals surface area contributed by atoms with Crippen LogP contribution >= 0.6 is 0 Å². The molecule has 1 heterocycles. The van der Waals surface area contributed by atoms with E-state index in [4.69, 9.17) is 5.73 Å². The minimum atomic E-state index is -3.63. The number of likely N-dealkylation sites (tertiary alicyclic amines) is 1. The van der Waals surface area contributed by atoms with E-state index in [1.54, 1.807) is 17.0 Å². The molecule has 120 valence electrons. The predicted octanol–water partition coefficient (Wildman–Crippen LogP) is 0.714. The number of sulfonamides is 1. The Morgan fingerprint density at radius 3 is 2.73 bits per heavy atom. The van der Waals surface area contributed by atoms with E-state index in [-0.39, 0.29) is 23.4 Å². The van der Waals surface area contributed by atoms with Crippen molar-refractivity contribution in [1.82, 2.24) is 9.62 Å². The number of hydrogen-bond donors (Lipinski definition) is 2. The number of nitrogens with one attached hydrogen (secondary N) is 1. The summed E-state index contributed by atoms with van der Waals surface area (Å²) in [6.45, 7) is 4.82. The molecule has 22 heavy (non-hydrogen) atoms. The third-order valence-corrected chi connectivity index (χ3v) is 5.06. The van der Waals surface area contributed by atoms with Crippen LogP contribution in [0.3, 0.4) is 0 Å². The number of benzene rings is 1. The molecule has 7 heteroatoms. The van der Waals surface area contributed by atoms with Gasteiger partial charge in [-0.25, -0.2) is 13.1 Å². The smallest absolute Gasteiger partial charge is 0.253 e. The van der Waals surface area contributed by atoms with Crippen molar-refractivity contribution < 1.29 is 13.2 Å². The van der Waals surface area contributed by atoms with Gasteiger partial charge in [-0.2, -0.15) is 0 Å². The van der Waals surface area contributed by atoms with Gasteiger partial charge in [0.2, 0.25) is 10.0 Å². The molecule has 0 aromatic heterocycles. The fourth-order valence-electron chi connectivity index (χ4n) is 2.33. The normalized spacial score (nSPS) is 16.5. The van der Waals surface area contributed by atoms with Crippen LogP contribution in [0.5, 0.6) is 0 Å². The van der Waals surface area contributed by atoms with Gasteiger partial charge in [0.1, 0.15) is 0 Å². The number of carbonyl (C=O) groups is 1. The van der Waals surface area contributed by atoms with Crippen LogP contribution in [0.1, 0.15) is 23.2 Å². The van der Waals surface area contributed by atoms with Crippen LogP contribution in [0.4, 0.5) is 0 Å². The van der Waals surface area contributed by atoms with E-state index >= 15 is 0 Å². The van der Waals surface area contributed by atoms with Gasteiger partial charge in [0, 0.05) is 31.2 Å². The third kappa shape index (κ3) is 3.94. The summed E-state index contributed by atoms with van der Waals surface area (Å²) in [5.74, 6) is -0.160. The highest BCUT2D eigenvalue weighted by Crippen LogP contribution is 2.16. The molecule has 0 unspecified atom stereocenters. The van der Waals surface area contributed by atoms with Crippen molar-refractivity contribution in [1.29, 1.82) is 0 Å². The maximum Gasteiger partial charge on any atom is 0.253 e. The molecule has 1 aromatic rings. The first kappa shape index (κ1) is 16.7. The lowest BCUT2D eigenvalue weighted by atomic mass is 10.0. The summed E-state index contributed by atoms with van der Waals surface area (Å²) < 4.78 is 26.6. The lowest BCUT2D eigenvalue weighted by molar-refractivity contribution is 0.0714. The Kier molecular flexibility index (Phi) is 5.33. The first-order valence-electron chi connectivity index (χ1n) is 7.19. The van der Waals surface area contributed by atoms with E-state index in [2.05, 4.69) is 11.3 Å². The Labute approximate surface area is 131 Å². The molecule has 1 aliphatic rings. The fraction of sp³-hybridized carbons (Fsp3) is 0.400. The molecule has 1 amide bonds. The zero-order valence-corrected chi connectivity index (χ0v) is 13.2. The summed E-state index contributed by atoms with van der Waals surface area (Å²) in [4.78, 5) is 14.2. The SMILES string of the molecule is C=CCNS(=O)(=O)c1cccc(C(=O)N2CCC(N)CC2)c1. The van der Waals surface area contributed by atoms with Gasteiger partial charge in [0.15, 0.2) is 0 Å². The molecule has 1 fully saturated rings. The van der Waals surface area contributed by atoms with Crippen LogP contribution in [-0.4, -0.2) is 44.9 Å². The van der Waals surface area contributed by atoms with Gasteiger partial charge in [-0.05, 0) is 31.0 Å². The standard InChI is InChI=1S/C15H21N3O3S/c1-2-8-17-22(20,21)14-5-3-4-12(11-14)15(19)18-9-6-13(16)7-10-18/h2-5,11,13,17H,1,6-10,16H2. The summed E-state index contributed by atoms with van der Waals surface area (Å²) in [5, 5.41) is 0. The highest BCUT2D eigenvalue weighted by molar-refractivity contribution is 7.89.